The summed E-state index contributed by atoms with van der Waals surface area (Å²) in [6.45, 7) is 0. The van der Waals surface area contributed by atoms with E-state index in [1.807, 2.05) is 48.5 Å². The maximum absolute atomic E-state index is 9.52. The Hall–Kier alpha value is -3.52. The van der Waals surface area contributed by atoms with Gasteiger partial charge in [-0.3, -0.25) is 0 Å². The lowest BCUT2D eigenvalue weighted by atomic mass is 9.98. The topological polar surface area (TPSA) is 81.2 Å². The monoisotopic (exact) mass is 331 g/mol. The molecule has 2 N–H and O–H groups in total. The normalized spacial score (nSPS) is 10.1. The summed E-state index contributed by atoms with van der Waals surface area (Å²) in [5, 5.41) is 9.52. The molecule has 5 heteroatoms. The molecule has 0 saturated heterocycles. The third kappa shape index (κ3) is 3.10. The number of nitrogens with two attached hydrogens (primary N) is 1. The maximum atomic E-state index is 9.52. The van der Waals surface area contributed by atoms with Gasteiger partial charge in [-0.2, -0.15) is 5.26 Å². The van der Waals surface area contributed by atoms with Gasteiger partial charge in [0, 0.05) is 11.1 Å². The Morgan fingerprint density at radius 2 is 1.64 bits per heavy atom. The predicted octanol–water partition coefficient (Wildman–Crippen LogP) is 3.89. The van der Waals surface area contributed by atoms with Crippen LogP contribution in [0.25, 0.3) is 22.4 Å². The Kier molecular flexibility index (Phi) is 4.53. The minimum Gasteiger partial charge on any atom is -0.493 e. The van der Waals surface area contributed by atoms with Crippen LogP contribution >= 0.6 is 0 Å². The highest BCUT2D eigenvalue weighted by molar-refractivity contribution is 5.81. The fourth-order valence-electron chi connectivity index (χ4n) is 2.67. The molecular weight excluding hydrogens is 314 g/mol. The highest BCUT2D eigenvalue weighted by Crippen LogP contribution is 2.36. The molecule has 1 heterocycles. The van der Waals surface area contributed by atoms with Crippen LogP contribution in [-0.4, -0.2) is 19.2 Å². The fourth-order valence-corrected chi connectivity index (χ4v) is 2.67. The van der Waals surface area contributed by atoms with Crippen LogP contribution in [0.3, 0.4) is 0 Å². The average molecular weight is 331 g/mol. The third-order valence-corrected chi connectivity index (χ3v) is 3.92. The summed E-state index contributed by atoms with van der Waals surface area (Å²) >= 11 is 0. The van der Waals surface area contributed by atoms with Crippen LogP contribution in [0, 0.1) is 11.3 Å². The third-order valence-electron chi connectivity index (χ3n) is 3.92. The van der Waals surface area contributed by atoms with Gasteiger partial charge in [0.1, 0.15) is 17.5 Å². The van der Waals surface area contributed by atoms with E-state index in [1.54, 1.807) is 20.3 Å². The van der Waals surface area contributed by atoms with Crippen LogP contribution in [0.5, 0.6) is 11.5 Å². The van der Waals surface area contributed by atoms with E-state index in [0.717, 1.165) is 11.1 Å². The summed E-state index contributed by atoms with van der Waals surface area (Å²) in [6.07, 6.45) is 0. The second-order valence-electron chi connectivity index (χ2n) is 5.36. The highest BCUT2D eigenvalue weighted by Gasteiger charge is 2.15. The van der Waals surface area contributed by atoms with Gasteiger partial charge in [-0.25, -0.2) is 4.98 Å². The molecule has 2 aromatic carbocycles. The standard InChI is InChI=1S/C20H17N3O2/c1-24-18-9-8-14(10-19(18)25-2)15-11-17(13-6-4-3-5-7-13)23-20(22)16(15)12-21/h3-11H,1-2H3,(H2,22,23). The molecule has 0 saturated carbocycles. The van der Waals surface area contributed by atoms with Gasteiger partial charge >= 0.3 is 0 Å². The second-order valence-corrected chi connectivity index (χ2v) is 5.36. The number of nitriles is 1. The summed E-state index contributed by atoms with van der Waals surface area (Å²) in [5.41, 5.74) is 9.53. The second kappa shape index (κ2) is 6.93. The Morgan fingerprint density at radius 3 is 2.28 bits per heavy atom. The maximum Gasteiger partial charge on any atom is 0.161 e. The molecule has 0 aliphatic heterocycles. The molecule has 0 bridgehead atoms. The molecule has 1 aromatic heterocycles. The largest absolute Gasteiger partial charge is 0.493 e. The Balaban J connectivity index is 2.21. The van der Waals surface area contributed by atoms with Crippen molar-refractivity contribution in [2.75, 3.05) is 20.0 Å². The smallest absolute Gasteiger partial charge is 0.161 e. The van der Waals surface area contributed by atoms with Crippen LogP contribution in [0.4, 0.5) is 5.82 Å². The Morgan fingerprint density at radius 1 is 0.920 bits per heavy atom. The van der Waals surface area contributed by atoms with Crippen molar-refractivity contribution in [2.45, 2.75) is 0 Å². The average Bonchev–Trinajstić information content (AvgIpc) is 2.67. The van der Waals surface area contributed by atoms with E-state index in [4.69, 9.17) is 15.2 Å². The summed E-state index contributed by atoms with van der Waals surface area (Å²) in [4.78, 5) is 4.38. The molecule has 124 valence electrons. The number of benzene rings is 2. The molecule has 3 rings (SSSR count). The summed E-state index contributed by atoms with van der Waals surface area (Å²) < 4.78 is 10.6. The van der Waals surface area contributed by atoms with Crippen molar-refractivity contribution in [3.8, 4) is 40.0 Å². The first-order chi connectivity index (χ1) is 12.2. The van der Waals surface area contributed by atoms with E-state index in [0.29, 0.717) is 28.3 Å². The minimum absolute atomic E-state index is 0.202. The van der Waals surface area contributed by atoms with E-state index in [9.17, 15) is 5.26 Å². The lowest BCUT2D eigenvalue weighted by molar-refractivity contribution is 0.355. The van der Waals surface area contributed by atoms with Crippen molar-refractivity contribution in [3.63, 3.8) is 0 Å². The van der Waals surface area contributed by atoms with Gasteiger partial charge in [0.2, 0.25) is 0 Å². The molecule has 0 unspecified atom stereocenters. The van der Waals surface area contributed by atoms with Crippen LogP contribution in [0.2, 0.25) is 0 Å². The number of pyridine rings is 1. The molecule has 0 radical (unpaired) electrons. The van der Waals surface area contributed by atoms with Gasteiger partial charge in [0.05, 0.1) is 19.9 Å². The zero-order valence-corrected chi connectivity index (χ0v) is 14.0. The first-order valence-corrected chi connectivity index (χ1v) is 7.66. The number of methoxy groups -OCH3 is 2. The first kappa shape index (κ1) is 16.3. The number of rotatable bonds is 4. The zero-order valence-electron chi connectivity index (χ0n) is 14.0. The lowest BCUT2D eigenvalue weighted by Crippen LogP contribution is -2.00. The molecule has 0 spiro atoms. The quantitative estimate of drug-likeness (QED) is 0.784. The SMILES string of the molecule is COc1ccc(-c2cc(-c3ccccc3)nc(N)c2C#N)cc1OC. The van der Waals surface area contributed by atoms with Crippen LogP contribution in [0.1, 0.15) is 5.56 Å². The molecule has 0 aliphatic rings. The molecule has 0 amide bonds. The van der Waals surface area contributed by atoms with Crippen molar-refractivity contribution in [2.24, 2.45) is 0 Å². The zero-order chi connectivity index (χ0) is 17.8. The van der Waals surface area contributed by atoms with Gasteiger partial charge in [0.15, 0.2) is 11.5 Å². The molecule has 0 atom stereocenters. The van der Waals surface area contributed by atoms with E-state index < -0.39 is 0 Å². The van der Waals surface area contributed by atoms with E-state index in [2.05, 4.69) is 11.1 Å². The van der Waals surface area contributed by atoms with Crippen LogP contribution in [-0.2, 0) is 0 Å². The van der Waals surface area contributed by atoms with Gasteiger partial charge in [-0.15, -0.1) is 0 Å². The molecule has 0 aliphatic carbocycles. The number of hydrogen-bond donors (Lipinski definition) is 1. The molecule has 25 heavy (non-hydrogen) atoms. The van der Waals surface area contributed by atoms with Gasteiger partial charge in [-0.1, -0.05) is 36.4 Å². The predicted molar refractivity (Wildman–Crippen MR) is 97.3 cm³/mol. The van der Waals surface area contributed by atoms with Crippen molar-refractivity contribution >= 4 is 5.82 Å². The van der Waals surface area contributed by atoms with Gasteiger partial charge in [-0.05, 0) is 23.8 Å². The van der Waals surface area contributed by atoms with Crippen LogP contribution in [0.15, 0.2) is 54.6 Å². The first-order valence-electron chi connectivity index (χ1n) is 7.66. The van der Waals surface area contributed by atoms with Crippen molar-refractivity contribution < 1.29 is 9.47 Å². The summed E-state index contributed by atoms with van der Waals surface area (Å²) in [7, 11) is 3.15. The van der Waals surface area contributed by atoms with E-state index >= 15 is 0 Å². The van der Waals surface area contributed by atoms with Crippen molar-refractivity contribution in [1.82, 2.24) is 4.98 Å². The van der Waals surface area contributed by atoms with Crippen LogP contribution < -0.4 is 15.2 Å². The lowest BCUT2D eigenvalue weighted by Gasteiger charge is -2.13. The number of anilines is 1. The Bertz CT molecular complexity index is 947. The van der Waals surface area contributed by atoms with Gasteiger partial charge in [0.25, 0.3) is 0 Å². The highest BCUT2D eigenvalue weighted by atomic mass is 16.5. The number of nitrogens with zero attached hydrogens (tertiary/aromatic N) is 2. The van der Waals surface area contributed by atoms with Crippen molar-refractivity contribution in [3.05, 3.63) is 60.2 Å². The van der Waals surface area contributed by atoms with Crippen molar-refractivity contribution in [1.29, 1.82) is 5.26 Å². The van der Waals surface area contributed by atoms with E-state index in [1.165, 1.54) is 0 Å². The Labute approximate surface area is 146 Å². The summed E-state index contributed by atoms with van der Waals surface area (Å²) in [6, 6.07) is 19.2. The number of ether oxygens (including phenoxy) is 2. The number of hydrogen-bond acceptors (Lipinski definition) is 5. The molecular formula is C20H17N3O2. The molecule has 0 fully saturated rings. The number of nitrogen functional groups attached to an aromatic ring is 1. The van der Waals surface area contributed by atoms with Gasteiger partial charge < -0.3 is 15.2 Å². The molecule has 3 aromatic rings. The molecule has 5 nitrogen and oxygen atoms in total. The summed E-state index contributed by atoms with van der Waals surface area (Å²) in [5.74, 6) is 1.41. The van der Waals surface area contributed by atoms with E-state index in [-0.39, 0.29) is 5.82 Å². The minimum atomic E-state index is 0.202. The fraction of sp³-hybridized carbons (Fsp3) is 0.100. The number of aromatic nitrogens is 1.